The van der Waals surface area contributed by atoms with Crippen LogP contribution in [0.2, 0.25) is 0 Å². The summed E-state index contributed by atoms with van der Waals surface area (Å²) in [7, 11) is 2.19. The van der Waals surface area contributed by atoms with E-state index in [0.717, 1.165) is 51.1 Å². The minimum Gasteiger partial charge on any atom is -0.480 e. The molecule has 0 radical (unpaired) electrons. The first-order valence-corrected chi connectivity index (χ1v) is 8.70. The molecule has 4 heteroatoms. The molecule has 2 N–H and O–H groups in total. The van der Waals surface area contributed by atoms with Crippen LogP contribution in [0.3, 0.4) is 0 Å². The van der Waals surface area contributed by atoms with Crippen molar-refractivity contribution in [3.63, 3.8) is 0 Å². The van der Waals surface area contributed by atoms with Gasteiger partial charge in [-0.05, 0) is 77.4 Å². The van der Waals surface area contributed by atoms with Gasteiger partial charge in [0, 0.05) is 6.04 Å². The van der Waals surface area contributed by atoms with E-state index >= 15 is 0 Å². The lowest BCUT2D eigenvalue weighted by Gasteiger charge is -2.34. The summed E-state index contributed by atoms with van der Waals surface area (Å²) in [5, 5.41) is 13.1. The molecule has 0 aliphatic heterocycles. The molecule has 0 amide bonds. The maximum absolute atomic E-state index is 11.9. The highest BCUT2D eigenvalue weighted by Gasteiger charge is 2.48. The Hall–Kier alpha value is -0.610. The smallest absolute Gasteiger partial charge is 0.324 e. The molecular formula is C17H32N2O2. The third kappa shape index (κ3) is 3.78. The fraction of sp³-hybridized carbons (Fsp3) is 0.941. The number of nitrogens with zero attached hydrogens (tertiary/aromatic N) is 1. The molecule has 0 bridgehead atoms. The zero-order valence-electron chi connectivity index (χ0n) is 13.9. The van der Waals surface area contributed by atoms with Gasteiger partial charge >= 0.3 is 5.97 Å². The molecule has 0 heterocycles. The van der Waals surface area contributed by atoms with E-state index in [0.29, 0.717) is 6.04 Å². The van der Waals surface area contributed by atoms with Crippen molar-refractivity contribution < 1.29 is 9.90 Å². The van der Waals surface area contributed by atoms with Crippen molar-refractivity contribution in [1.29, 1.82) is 0 Å². The predicted molar refractivity (Wildman–Crippen MR) is 85.4 cm³/mol. The SMILES string of the molecule is CCCNC1(C(=O)O)CCCC1CCN(C)C(C)C1CC1. The van der Waals surface area contributed by atoms with Crippen LogP contribution in [0.4, 0.5) is 0 Å². The van der Waals surface area contributed by atoms with E-state index in [1.54, 1.807) is 0 Å². The molecule has 0 aromatic rings. The lowest BCUT2D eigenvalue weighted by Crippen LogP contribution is -2.55. The number of nitrogens with one attached hydrogen (secondary N) is 1. The summed E-state index contributed by atoms with van der Waals surface area (Å²) in [6, 6.07) is 0.647. The number of aliphatic carboxylic acids is 1. The molecule has 0 aromatic carbocycles. The summed E-state index contributed by atoms with van der Waals surface area (Å²) in [5.41, 5.74) is -0.667. The Morgan fingerprint density at radius 1 is 1.43 bits per heavy atom. The van der Waals surface area contributed by atoms with Gasteiger partial charge in [0.05, 0.1) is 0 Å². The second kappa shape index (κ2) is 7.10. The Balaban J connectivity index is 1.91. The van der Waals surface area contributed by atoms with Crippen LogP contribution < -0.4 is 5.32 Å². The quantitative estimate of drug-likeness (QED) is 0.687. The first-order chi connectivity index (χ1) is 10.0. The molecule has 4 nitrogen and oxygen atoms in total. The molecule has 122 valence electrons. The first kappa shape index (κ1) is 16.8. The van der Waals surface area contributed by atoms with E-state index in [4.69, 9.17) is 0 Å². The van der Waals surface area contributed by atoms with Gasteiger partial charge in [-0.1, -0.05) is 13.3 Å². The molecule has 2 rings (SSSR count). The number of carbonyl (C=O) groups is 1. The number of carboxylic acids is 1. The Labute approximate surface area is 129 Å². The molecule has 0 aromatic heterocycles. The number of hydrogen-bond acceptors (Lipinski definition) is 3. The summed E-state index contributed by atoms with van der Waals surface area (Å²) in [5.74, 6) is 0.507. The second-order valence-electron chi connectivity index (χ2n) is 7.14. The lowest BCUT2D eigenvalue weighted by molar-refractivity contribution is -0.146. The summed E-state index contributed by atoms with van der Waals surface area (Å²) < 4.78 is 0. The van der Waals surface area contributed by atoms with E-state index in [1.807, 2.05) is 0 Å². The zero-order chi connectivity index (χ0) is 15.5. The molecule has 0 saturated heterocycles. The summed E-state index contributed by atoms with van der Waals surface area (Å²) in [6.07, 6.45) is 7.59. The molecule has 0 spiro atoms. The van der Waals surface area contributed by atoms with Crippen LogP contribution in [0, 0.1) is 11.8 Å². The van der Waals surface area contributed by atoms with Crippen molar-refractivity contribution in [2.45, 2.75) is 70.4 Å². The standard InChI is InChI=1S/C17H32N2O2/c1-4-11-18-17(16(20)21)10-5-6-15(17)9-12-19(3)13(2)14-7-8-14/h13-15,18H,4-12H2,1-3H3,(H,20,21). The number of carboxylic acid groups (broad SMARTS) is 1. The van der Waals surface area contributed by atoms with Crippen LogP contribution in [0.1, 0.15) is 58.8 Å². The second-order valence-corrected chi connectivity index (χ2v) is 7.14. The van der Waals surface area contributed by atoms with E-state index in [1.165, 1.54) is 12.8 Å². The van der Waals surface area contributed by atoms with Crippen molar-refractivity contribution in [3.05, 3.63) is 0 Å². The largest absolute Gasteiger partial charge is 0.480 e. The minimum absolute atomic E-state index is 0.274. The van der Waals surface area contributed by atoms with Crippen molar-refractivity contribution in [2.75, 3.05) is 20.1 Å². The number of hydrogen-bond donors (Lipinski definition) is 2. The van der Waals surface area contributed by atoms with E-state index in [2.05, 4.69) is 31.1 Å². The molecule has 21 heavy (non-hydrogen) atoms. The summed E-state index contributed by atoms with van der Waals surface area (Å²) in [4.78, 5) is 14.3. The van der Waals surface area contributed by atoms with Crippen molar-refractivity contribution in [3.8, 4) is 0 Å². The van der Waals surface area contributed by atoms with Gasteiger partial charge in [-0.25, -0.2) is 0 Å². The normalized spacial score (nSPS) is 30.8. The van der Waals surface area contributed by atoms with Crippen LogP contribution in [0.15, 0.2) is 0 Å². The third-order valence-corrected chi connectivity index (χ3v) is 5.72. The molecule has 2 fully saturated rings. The Morgan fingerprint density at radius 3 is 2.71 bits per heavy atom. The highest BCUT2D eigenvalue weighted by Crippen LogP contribution is 2.39. The maximum atomic E-state index is 11.9. The van der Waals surface area contributed by atoms with Gasteiger partial charge in [0.15, 0.2) is 0 Å². The Morgan fingerprint density at radius 2 is 2.14 bits per heavy atom. The zero-order valence-corrected chi connectivity index (χ0v) is 13.9. The van der Waals surface area contributed by atoms with Gasteiger partial charge in [0.25, 0.3) is 0 Å². The summed E-state index contributed by atoms with van der Waals surface area (Å²) >= 11 is 0. The molecule has 2 aliphatic carbocycles. The predicted octanol–water partition coefficient (Wildman–Crippen LogP) is 2.73. The molecule has 2 saturated carbocycles. The van der Waals surface area contributed by atoms with Crippen molar-refractivity contribution >= 4 is 5.97 Å². The minimum atomic E-state index is -0.667. The molecule has 3 atom stereocenters. The van der Waals surface area contributed by atoms with Crippen LogP contribution in [-0.2, 0) is 4.79 Å². The highest BCUT2D eigenvalue weighted by molar-refractivity contribution is 5.79. The monoisotopic (exact) mass is 296 g/mol. The third-order valence-electron chi connectivity index (χ3n) is 5.72. The van der Waals surface area contributed by atoms with E-state index in [-0.39, 0.29) is 5.92 Å². The van der Waals surface area contributed by atoms with Gasteiger partial charge in [-0.3, -0.25) is 4.79 Å². The molecular weight excluding hydrogens is 264 g/mol. The van der Waals surface area contributed by atoms with E-state index in [9.17, 15) is 9.90 Å². The highest BCUT2D eigenvalue weighted by atomic mass is 16.4. The molecule has 2 aliphatic rings. The topological polar surface area (TPSA) is 52.6 Å². The van der Waals surface area contributed by atoms with Crippen LogP contribution >= 0.6 is 0 Å². The average molecular weight is 296 g/mol. The first-order valence-electron chi connectivity index (χ1n) is 8.70. The van der Waals surface area contributed by atoms with Crippen molar-refractivity contribution in [1.82, 2.24) is 10.2 Å². The van der Waals surface area contributed by atoms with Crippen LogP contribution in [0.25, 0.3) is 0 Å². The van der Waals surface area contributed by atoms with Gasteiger partial charge in [0.2, 0.25) is 0 Å². The average Bonchev–Trinajstić information content (AvgIpc) is 3.22. The van der Waals surface area contributed by atoms with Crippen molar-refractivity contribution in [2.24, 2.45) is 11.8 Å². The van der Waals surface area contributed by atoms with Crippen LogP contribution in [-0.4, -0.2) is 47.7 Å². The van der Waals surface area contributed by atoms with Gasteiger partial charge in [-0.15, -0.1) is 0 Å². The van der Waals surface area contributed by atoms with Gasteiger partial charge in [-0.2, -0.15) is 0 Å². The maximum Gasteiger partial charge on any atom is 0.324 e. The fourth-order valence-electron chi connectivity index (χ4n) is 3.91. The molecule has 3 unspecified atom stereocenters. The Kier molecular flexibility index (Phi) is 5.67. The van der Waals surface area contributed by atoms with Gasteiger partial charge < -0.3 is 15.3 Å². The summed E-state index contributed by atoms with van der Waals surface area (Å²) in [6.45, 7) is 6.23. The van der Waals surface area contributed by atoms with E-state index < -0.39 is 11.5 Å². The number of rotatable bonds is 9. The van der Waals surface area contributed by atoms with Crippen LogP contribution in [0.5, 0.6) is 0 Å². The fourth-order valence-corrected chi connectivity index (χ4v) is 3.91. The van der Waals surface area contributed by atoms with Gasteiger partial charge in [0.1, 0.15) is 5.54 Å². The lowest BCUT2D eigenvalue weighted by atomic mass is 9.84. The Bertz CT molecular complexity index is 357.